The van der Waals surface area contributed by atoms with Crippen molar-refractivity contribution < 1.29 is 9.66 Å². The van der Waals surface area contributed by atoms with Gasteiger partial charge in [-0.2, -0.15) is 0 Å². The van der Waals surface area contributed by atoms with Gasteiger partial charge in [0, 0.05) is 6.54 Å². The smallest absolute Gasteiger partial charge is 0.333 e. The molecule has 0 aliphatic carbocycles. The Morgan fingerprint density at radius 1 is 1.44 bits per heavy atom. The summed E-state index contributed by atoms with van der Waals surface area (Å²) in [5.41, 5.74) is 0.537. The zero-order valence-electron chi connectivity index (χ0n) is 11.1. The van der Waals surface area contributed by atoms with Crippen molar-refractivity contribution in [1.29, 1.82) is 0 Å². The minimum absolute atomic E-state index is 0.0200. The number of benzene rings is 1. The van der Waals surface area contributed by atoms with Gasteiger partial charge in [-0.25, -0.2) is 0 Å². The van der Waals surface area contributed by atoms with Crippen molar-refractivity contribution in [2.24, 2.45) is 5.92 Å². The highest BCUT2D eigenvalue weighted by Crippen LogP contribution is 2.34. The number of ether oxygens (including phenoxy) is 1. The Kier molecular flexibility index (Phi) is 5.42. The summed E-state index contributed by atoms with van der Waals surface area (Å²) in [7, 11) is 0. The molecule has 5 heteroatoms. The fraction of sp³-hybridized carbons (Fsp3) is 0.538. The van der Waals surface area contributed by atoms with Gasteiger partial charge in [0.2, 0.25) is 0 Å². The van der Waals surface area contributed by atoms with Gasteiger partial charge in [-0.1, -0.05) is 26.8 Å². The fourth-order valence-electron chi connectivity index (χ4n) is 1.49. The van der Waals surface area contributed by atoms with Gasteiger partial charge in [-0.05, 0) is 24.5 Å². The summed E-state index contributed by atoms with van der Waals surface area (Å²) in [6.45, 7) is 7.19. The molecule has 0 aliphatic heterocycles. The quantitative estimate of drug-likeness (QED) is 0.596. The third-order valence-corrected chi connectivity index (χ3v) is 2.32. The number of nitro benzene ring substituents is 1. The Morgan fingerprint density at radius 3 is 2.72 bits per heavy atom. The van der Waals surface area contributed by atoms with Gasteiger partial charge >= 0.3 is 5.69 Å². The molecule has 100 valence electrons. The van der Waals surface area contributed by atoms with E-state index in [1.54, 1.807) is 18.2 Å². The van der Waals surface area contributed by atoms with E-state index in [0.717, 1.165) is 6.42 Å². The van der Waals surface area contributed by atoms with Crippen LogP contribution in [0, 0.1) is 16.0 Å². The average Bonchev–Trinajstić information content (AvgIpc) is 2.33. The Balaban J connectivity index is 2.97. The fourth-order valence-corrected chi connectivity index (χ4v) is 1.49. The van der Waals surface area contributed by atoms with Crippen LogP contribution in [0.5, 0.6) is 5.75 Å². The van der Waals surface area contributed by atoms with E-state index in [-0.39, 0.29) is 5.69 Å². The maximum atomic E-state index is 11.1. The molecule has 0 saturated carbocycles. The van der Waals surface area contributed by atoms with Crippen molar-refractivity contribution in [3.63, 3.8) is 0 Å². The zero-order chi connectivity index (χ0) is 13.5. The van der Waals surface area contributed by atoms with E-state index in [9.17, 15) is 10.1 Å². The van der Waals surface area contributed by atoms with Crippen LogP contribution in [0.2, 0.25) is 0 Å². The van der Waals surface area contributed by atoms with Gasteiger partial charge in [-0.3, -0.25) is 10.1 Å². The third kappa shape index (κ3) is 3.91. The molecular weight excluding hydrogens is 232 g/mol. The molecule has 0 atom stereocenters. The lowest BCUT2D eigenvalue weighted by Gasteiger charge is -2.12. The number of nitro groups is 1. The largest absolute Gasteiger partial charge is 0.486 e. The lowest BCUT2D eigenvalue weighted by atomic mass is 10.2. The molecule has 0 unspecified atom stereocenters. The van der Waals surface area contributed by atoms with Crippen molar-refractivity contribution in [2.75, 3.05) is 18.5 Å². The van der Waals surface area contributed by atoms with Crippen molar-refractivity contribution in [2.45, 2.75) is 27.2 Å². The minimum Gasteiger partial charge on any atom is -0.486 e. The first-order chi connectivity index (χ1) is 8.56. The summed E-state index contributed by atoms with van der Waals surface area (Å²) in [5.74, 6) is 0.659. The van der Waals surface area contributed by atoms with Crippen LogP contribution < -0.4 is 10.1 Å². The molecule has 0 bridgehead atoms. The molecular formula is C13H20N2O3. The number of rotatable bonds is 7. The zero-order valence-corrected chi connectivity index (χ0v) is 11.1. The minimum atomic E-state index is -0.395. The first kappa shape index (κ1) is 14.3. The van der Waals surface area contributed by atoms with Crippen LogP contribution >= 0.6 is 0 Å². The van der Waals surface area contributed by atoms with Gasteiger partial charge in [0.1, 0.15) is 5.69 Å². The first-order valence-electron chi connectivity index (χ1n) is 6.20. The SMILES string of the molecule is CCCNc1cccc(OCC(C)C)c1[N+](=O)[O-]. The lowest BCUT2D eigenvalue weighted by Crippen LogP contribution is -2.08. The van der Waals surface area contributed by atoms with Crippen molar-refractivity contribution in [1.82, 2.24) is 0 Å². The van der Waals surface area contributed by atoms with Gasteiger partial charge in [0.05, 0.1) is 11.5 Å². The molecule has 0 aromatic heterocycles. The topological polar surface area (TPSA) is 64.4 Å². The molecule has 0 aliphatic rings. The predicted octanol–water partition coefficient (Wildman–Crippen LogP) is 3.45. The highest BCUT2D eigenvalue weighted by molar-refractivity contribution is 5.68. The normalized spacial score (nSPS) is 10.4. The second kappa shape index (κ2) is 6.83. The molecule has 18 heavy (non-hydrogen) atoms. The van der Waals surface area contributed by atoms with Gasteiger partial charge in [-0.15, -0.1) is 0 Å². The standard InChI is InChI=1S/C13H20N2O3/c1-4-8-14-11-6-5-7-12(13(11)15(16)17)18-9-10(2)3/h5-7,10,14H,4,8-9H2,1-3H3. The molecule has 0 amide bonds. The molecule has 0 radical (unpaired) electrons. The molecule has 0 spiro atoms. The van der Waals surface area contributed by atoms with E-state index in [4.69, 9.17) is 4.74 Å². The van der Waals surface area contributed by atoms with Crippen LogP contribution in [0.1, 0.15) is 27.2 Å². The molecule has 0 fully saturated rings. The van der Waals surface area contributed by atoms with E-state index < -0.39 is 4.92 Å². The second-order valence-electron chi connectivity index (χ2n) is 4.54. The summed E-state index contributed by atoms with van der Waals surface area (Å²) >= 11 is 0. The Bertz CT molecular complexity index is 405. The van der Waals surface area contributed by atoms with Crippen LogP contribution in [0.25, 0.3) is 0 Å². The maximum absolute atomic E-state index is 11.1. The number of nitrogens with zero attached hydrogens (tertiary/aromatic N) is 1. The van der Waals surface area contributed by atoms with Crippen molar-refractivity contribution >= 4 is 11.4 Å². The van der Waals surface area contributed by atoms with E-state index in [1.165, 1.54) is 0 Å². The molecule has 1 aromatic carbocycles. The average molecular weight is 252 g/mol. The monoisotopic (exact) mass is 252 g/mol. The summed E-state index contributed by atoms with van der Waals surface area (Å²) < 4.78 is 5.50. The Hall–Kier alpha value is -1.78. The van der Waals surface area contributed by atoms with E-state index in [2.05, 4.69) is 5.32 Å². The summed E-state index contributed by atoms with van der Waals surface area (Å²) in [6, 6.07) is 5.11. The summed E-state index contributed by atoms with van der Waals surface area (Å²) in [4.78, 5) is 10.7. The van der Waals surface area contributed by atoms with Crippen molar-refractivity contribution in [3.05, 3.63) is 28.3 Å². The summed E-state index contributed by atoms with van der Waals surface area (Å²) in [5, 5.41) is 14.2. The number of hydrogen-bond donors (Lipinski definition) is 1. The number of hydrogen-bond acceptors (Lipinski definition) is 4. The van der Waals surface area contributed by atoms with Gasteiger partial charge < -0.3 is 10.1 Å². The maximum Gasteiger partial charge on any atom is 0.333 e. The second-order valence-corrected chi connectivity index (χ2v) is 4.54. The first-order valence-corrected chi connectivity index (χ1v) is 6.20. The highest BCUT2D eigenvalue weighted by atomic mass is 16.6. The molecule has 0 heterocycles. The van der Waals surface area contributed by atoms with E-state index in [1.807, 2.05) is 20.8 Å². The molecule has 1 N–H and O–H groups in total. The van der Waals surface area contributed by atoms with Crippen LogP contribution in [-0.2, 0) is 0 Å². The van der Waals surface area contributed by atoms with Crippen molar-refractivity contribution in [3.8, 4) is 5.75 Å². The van der Waals surface area contributed by atoms with Crippen LogP contribution in [-0.4, -0.2) is 18.1 Å². The Morgan fingerprint density at radius 2 is 2.17 bits per heavy atom. The van der Waals surface area contributed by atoms with Crippen LogP contribution in [0.4, 0.5) is 11.4 Å². The van der Waals surface area contributed by atoms with E-state index in [0.29, 0.717) is 30.5 Å². The molecule has 1 rings (SSSR count). The van der Waals surface area contributed by atoms with Crippen LogP contribution in [0.15, 0.2) is 18.2 Å². The highest BCUT2D eigenvalue weighted by Gasteiger charge is 2.20. The summed E-state index contributed by atoms with van der Waals surface area (Å²) in [6.07, 6.45) is 0.911. The third-order valence-electron chi connectivity index (χ3n) is 2.32. The number of para-hydroxylation sites is 1. The van der Waals surface area contributed by atoms with Gasteiger partial charge in [0.15, 0.2) is 5.75 Å². The lowest BCUT2D eigenvalue weighted by molar-refractivity contribution is -0.385. The number of anilines is 1. The van der Waals surface area contributed by atoms with Crippen LogP contribution in [0.3, 0.4) is 0 Å². The van der Waals surface area contributed by atoms with E-state index >= 15 is 0 Å². The van der Waals surface area contributed by atoms with Gasteiger partial charge in [0.25, 0.3) is 0 Å². The predicted molar refractivity (Wildman–Crippen MR) is 72.2 cm³/mol. The molecule has 0 saturated heterocycles. The molecule has 5 nitrogen and oxygen atoms in total. The molecule has 1 aromatic rings. The number of nitrogens with one attached hydrogen (secondary N) is 1. The Labute approximate surface area is 107 Å².